The summed E-state index contributed by atoms with van der Waals surface area (Å²) in [5.41, 5.74) is 4.50. The Balaban J connectivity index is 3.10. The largest absolute Gasteiger partial charge is 0.496 e. The lowest BCUT2D eigenvalue weighted by Crippen LogP contribution is -2.08. The van der Waals surface area contributed by atoms with Crippen molar-refractivity contribution < 1.29 is 9.84 Å². The van der Waals surface area contributed by atoms with Crippen molar-refractivity contribution in [3.63, 3.8) is 0 Å². The molecular weight excluding hydrogens is 190 g/mol. The van der Waals surface area contributed by atoms with Gasteiger partial charge >= 0.3 is 0 Å². The minimum Gasteiger partial charge on any atom is -0.496 e. The van der Waals surface area contributed by atoms with Gasteiger partial charge in [-0.2, -0.15) is 0 Å². The summed E-state index contributed by atoms with van der Waals surface area (Å²) >= 11 is 0. The van der Waals surface area contributed by atoms with Crippen molar-refractivity contribution in [2.24, 2.45) is 0 Å². The maximum atomic E-state index is 8.77. The number of hydrogen-bond donors (Lipinski definition) is 2. The normalized spacial score (nSPS) is 10.2. The fourth-order valence-electron chi connectivity index (χ4n) is 1.75. The van der Waals surface area contributed by atoms with E-state index >= 15 is 0 Å². The maximum absolute atomic E-state index is 8.77. The van der Waals surface area contributed by atoms with Crippen LogP contribution >= 0.6 is 0 Å². The van der Waals surface area contributed by atoms with Gasteiger partial charge in [0.1, 0.15) is 5.75 Å². The van der Waals surface area contributed by atoms with E-state index in [2.05, 4.69) is 18.3 Å². The number of anilines is 1. The van der Waals surface area contributed by atoms with E-state index in [1.165, 1.54) is 5.56 Å². The number of hydrogen-bond acceptors (Lipinski definition) is 3. The van der Waals surface area contributed by atoms with Crippen molar-refractivity contribution in [1.29, 1.82) is 0 Å². The molecule has 0 aromatic heterocycles. The number of rotatable bonds is 4. The lowest BCUT2D eigenvalue weighted by atomic mass is 10.0. The summed E-state index contributed by atoms with van der Waals surface area (Å²) in [4.78, 5) is 0. The van der Waals surface area contributed by atoms with Crippen LogP contribution in [0.2, 0.25) is 0 Å². The number of ether oxygens (including phenoxy) is 1. The summed E-state index contributed by atoms with van der Waals surface area (Å²) in [6, 6.07) is 2.05. The highest BCUT2D eigenvalue weighted by Crippen LogP contribution is 2.31. The number of methoxy groups -OCH3 is 1. The summed E-state index contributed by atoms with van der Waals surface area (Å²) < 4.78 is 5.34. The molecule has 15 heavy (non-hydrogen) atoms. The molecule has 2 N–H and O–H groups in total. The molecule has 0 radical (unpaired) electrons. The van der Waals surface area contributed by atoms with Gasteiger partial charge in [0.25, 0.3) is 0 Å². The third-order valence-corrected chi connectivity index (χ3v) is 2.66. The van der Waals surface area contributed by atoms with E-state index in [0.29, 0.717) is 6.54 Å². The van der Waals surface area contributed by atoms with Crippen molar-refractivity contribution >= 4 is 5.69 Å². The molecule has 0 saturated heterocycles. The molecule has 1 rings (SSSR count). The first kappa shape index (κ1) is 11.9. The molecule has 0 aliphatic heterocycles. The molecule has 0 bridgehead atoms. The second-order valence-electron chi connectivity index (χ2n) is 3.67. The van der Waals surface area contributed by atoms with Gasteiger partial charge in [0.2, 0.25) is 0 Å². The van der Waals surface area contributed by atoms with Crippen LogP contribution in [0.4, 0.5) is 5.69 Å². The number of aryl methyl sites for hydroxylation is 1. The molecule has 0 heterocycles. The maximum Gasteiger partial charge on any atom is 0.125 e. The van der Waals surface area contributed by atoms with Crippen molar-refractivity contribution in [3.8, 4) is 5.75 Å². The van der Waals surface area contributed by atoms with Crippen LogP contribution in [-0.4, -0.2) is 25.4 Å². The molecule has 0 spiro atoms. The van der Waals surface area contributed by atoms with Gasteiger partial charge in [-0.3, -0.25) is 0 Å². The van der Waals surface area contributed by atoms with E-state index in [4.69, 9.17) is 9.84 Å². The van der Waals surface area contributed by atoms with Gasteiger partial charge in [-0.15, -0.1) is 0 Å². The molecule has 0 saturated carbocycles. The van der Waals surface area contributed by atoms with E-state index in [0.717, 1.165) is 22.6 Å². The predicted octanol–water partition coefficient (Wildman–Crippen LogP) is 2.02. The number of benzene rings is 1. The van der Waals surface area contributed by atoms with Crippen LogP contribution < -0.4 is 10.1 Å². The van der Waals surface area contributed by atoms with Crippen LogP contribution in [0.5, 0.6) is 5.75 Å². The predicted molar refractivity (Wildman–Crippen MR) is 62.8 cm³/mol. The van der Waals surface area contributed by atoms with Crippen molar-refractivity contribution in [1.82, 2.24) is 0 Å². The lowest BCUT2D eigenvalue weighted by molar-refractivity contribution is 0.311. The standard InChI is InChI=1S/C12H19NO2/c1-8-7-11(13-5-6-14)9(2)10(3)12(8)15-4/h7,13-14H,5-6H2,1-4H3. The smallest absolute Gasteiger partial charge is 0.125 e. The van der Waals surface area contributed by atoms with Crippen molar-refractivity contribution in [2.75, 3.05) is 25.6 Å². The van der Waals surface area contributed by atoms with Crippen LogP contribution in [0.15, 0.2) is 6.07 Å². The molecule has 0 aliphatic rings. The van der Waals surface area contributed by atoms with Crippen LogP contribution in [0.3, 0.4) is 0 Å². The first-order valence-electron chi connectivity index (χ1n) is 5.11. The molecule has 3 nitrogen and oxygen atoms in total. The minimum absolute atomic E-state index is 0.142. The van der Waals surface area contributed by atoms with E-state index < -0.39 is 0 Å². The summed E-state index contributed by atoms with van der Waals surface area (Å²) in [7, 11) is 1.69. The third-order valence-electron chi connectivity index (χ3n) is 2.66. The SMILES string of the molecule is COc1c(C)cc(NCCO)c(C)c1C. The second-order valence-corrected chi connectivity index (χ2v) is 3.67. The van der Waals surface area contributed by atoms with Crippen LogP contribution in [-0.2, 0) is 0 Å². The Labute approximate surface area is 91.1 Å². The quantitative estimate of drug-likeness (QED) is 0.797. The van der Waals surface area contributed by atoms with Crippen LogP contribution in [0.25, 0.3) is 0 Å². The number of aliphatic hydroxyl groups is 1. The molecule has 0 fully saturated rings. The highest BCUT2D eigenvalue weighted by Gasteiger charge is 2.09. The first-order valence-corrected chi connectivity index (χ1v) is 5.11. The molecule has 3 heteroatoms. The Bertz CT molecular complexity index is 348. The summed E-state index contributed by atoms with van der Waals surface area (Å²) in [6.07, 6.45) is 0. The Hall–Kier alpha value is -1.22. The van der Waals surface area contributed by atoms with E-state index in [1.807, 2.05) is 13.8 Å². The molecule has 84 valence electrons. The molecule has 0 atom stereocenters. The molecule has 0 unspecified atom stereocenters. The van der Waals surface area contributed by atoms with Gasteiger partial charge in [-0.05, 0) is 43.5 Å². The molecular formula is C12H19NO2. The van der Waals surface area contributed by atoms with Crippen LogP contribution in [0, 0.1) is 20.8 Å². The van der Waals surface area contributed by atoms with Crippen molar-refractivity contribution in [2.45, 2.75) is 20.8 Å². The summed E-state index contributed by atoms with van der Waals surface area (Å²) in [6.45, 7) is 6.84. The van der Waals surface area contributed by atoms with Gasteiger partial charge in [-0.1, -0.05) is 0 Å². The highest BCUT2D eigenvalue weighted by molar-refractivity contribution is 5.61. The number of aliphatic hydroxyl groups excluding tert-OH is 1. The van der Waals surface area contributed by atoms with Gasteiger partial charge in [0.15, 0.2) is 0 Å². The lowest BCUT2D eigenvalue weighted by Gasteiger charge is -2.16. The number of nitrogens with one attached hydrogen (secondary N) is 1. The fraction of sp³-hybridized carbons (Fsp3) is 0.500. The van der Waals surface area contributed by atoms with Gasteiger partial charge in [0.05, 0.1) is 13.7 Å². The fourth-order valence-corrected chi connectivity index (χ4v) is 1.75. The minimum atomic E-state index is 0.142. The Morgan fingerprint density at radius 3 is 2.47 bits per heavy atom. The van der Waals surface area contributed by atoms with Gasteiger partial charge in [-0.25, -0.2) is 0 Å². The average Bonchev–Trinajstić information content (AvgIpc) is 2.22. The zero-order valence-electron chi connectivity index (χ0n) is 9.85. The Morgan fingerprint density at radius 2 is 1.93 bits per heavy atom. The second kappa shape index (κ2) is 5.03. The zero-order chi connectivity index (χ0) is 11.4. The van der Waals surface area contributed by atoms with Crippen LogP contribution in [0.1, 0.15) is 16.7 Å². The topological polar surface area (TPSA) is 41.5 Å². The van der Waals surface area contributed by atoms with Crippen molar-refractivity contribution in [3.05, 3.63) is 22.8 Å². The first-order chi connectivity index (χ1) is 7.11. The Morgan fingerprint density at radius 1 is 1.27 bits per heavy atom. The molecule has 0 amide bonds. The molecule has 1 aromatic carbocycles. The monoisotopic (exact) mass is 209 g/mol. The summed E-state index contributed by atoms with van der Waals surface area (Å²) in [5, 5.41) is 12.0. The zero-order valence-corrected chi connectivity index (χ0v) is 9.85. The van der Waals surface area contributed by atoms with E-state index in [-0.39, 0.29) is 6.61 Å². The third kappa shape index (κ3) is 2.42. The van der Waals surface area contributed by atoms with Gasteiger partial charge in [0, 0.05) is 12.2 Å². The molecule has 0 aliphatic carbocycles. The summed E-state index contributed by atoms with van der Waals surface area (Å²) in [5.74, 6) is 0.946. The molecule has 1 aromatic rings. The van der Waals surface area contributed by atoms with E-state index in [9.17, 15) is 0 Å². The van der Waals surface area contributed by atoms with E-state index in [1.54, 1.807) is 7.11 Å². The average molecular weight is 209 g/mol. The highest BCUT2D eigenvalue weighted by atomic mass is 16.5. The Kier molecular flexibility index (Phi) is 3.97. The van der Waals surface area contributed by atoms with Gasteiger partial charge < -0.3 is 15.2 Å².